The average molecular weight is 200 g/mol. The van der Waals surface area contributed by atoms with E-state index in [1.807, 2.05) is 4.57 Å². The molecule has 0 saturated carbocycles. The third-order valence-corrected chi connectivity index (χ3v) is 2.22. The lowest BCUT2D eigenvalue weighted by molar-refractivity contribution is 0.583. The molecule has 1 heterocycles. The zero-order valence-electron chi connectivity index (χ0n) is 8.13. The predicted molar refractivity (Wildman–Crippen MR) is 55.7 cm³/mol. The minimum Gasteiger partial charge on any atom is -0.377 e. The summed E-state index contributed by atoms with van der Waals surface area (Å²) in [5.41, 5.74) is 0. The molecule has 0 aromatic carbocycles. The van der Waals surface area contributed by atoms with Gasteiger partial charge < -0.3 is 9.88 Å². The van der Waals surface area contributed by atoms with E-state index in [0.29, 0.717) is 16.5 Å². The van der Waals surface area contributed by atoms with Crippen LogP contribution in [0.25, 0.3) is 11.7 Å². The van der Waals surface area contributed by atoms with Gasteiger partial charge in [-0.3, -0.25) is 0 Å². The van der Waals surface area contributed by atoms with E-state index in [1.54, 1.807) is 13.4 Å². The van der Waals surface area contributed by atoms with E-state index >= 15 is 0 Å². The summed E-state index contributed by atoms with van der Waals surface area (Å²) >= 11 is 5.99. The second kappa shape index (κ2) is 3.83. The van der Waals surface area contributed by atoms with Crippen molar-refractivity contribution in [3.8, 4) is 0 Å². The van der Waals surface area contributed by atoms with Gasteiger partial charge in [0.05, 0.1) is 11.7 Å². The topological polar surface area (TPSA) is 29.9 Å². The fourth-order valence-electron chi connectivity index (χ4n) is 1.15. The highest BCUT2D eigenvalue weighted by Gasteiger charge is 2.03. The van der Waals surface area contributed by atoms with Gasteiger partial charge in [0.15, 0.2) is 0 Å². The van der Waals surface area contributed by atoms with Gasteiger partial charge in [-0.2, -0.15) is 0 Å². The fourth-order valence-corrected chi connectivity index (χ4v) is 1.36. The molecule has 1 rings (SSSR count). The third kappa shape index (κ3) is 1.86. The molecule has 0 fully saturated rings. The van der Waals surface area contributed by atoms with Crippen LogP contribution in [0.3, 0.4) is 0 Å². The standard InChI is InChI=1S/C9H14ClN3/c1-6(2)13-5-12-7(3)8(13)9(10)11-4/h5-6,11H,3H2,1-2,4H3/b9-8+. The first kappa shape index (κ1) is 10.1. The number of nitrogens with one attached hydrogen (secondary N) is 1. The molecule has 0 unspecified atom stereocenters. The first-order chi connectivity index (χ1) is 6.07. The van der Waals surface area contributed by atoms with Crippen LogP contribution in [0.5, 0.6) is 0 Å². The SMILES string of the molecule is C=c1ncn(C(C)C)/c1=C(\Cl)NC. The summed E-state index contributed by atoms with van der Waals surface area (Å²) in [5.74, 6) is 0. The Morgan fingerprint density at radius 1 is 1.69 bits per heavy atom. The van der Waals surface area contributed by atoms with Crippen LogP contribution in [-0.4, -0.2) is 16.6 Å². The van der Waals surface area contributed by atoms with Gasteiger partial charge in [-0.15, -0.1) is 0 Å². The first-order valence-corrected chi connectivity index (χ1v) is 4.55. The minimum absolute atomic E-state index is 0.333. The highest BCUT2D eigenvalue weighted by Crippen LogP contribution is 1.98. The molecule has 0 aliphatic heterocycles. The number of nitrogens with zero attached hydrogens (tertiary/aromatic N) is 2. The van der Waals surface area contributed by atoms with Crippen LogP contribution in [0, 0.1) is 0 Å². The van der Waals surface area contributed by atoms with Crippen molar-refractivity contribution in [1.29, 1.82) is 0 Å². The van der Waals surface area contributed by atoms with Crippen molar-refractivity contribution in [2.24, 2.45) is 0 Å². The highest BCUT2D eigenvalue weighted by atomic mass is 35.5. The van der Waals surface area contributed by atoms with Crippen LogP contribution >= 0.6 is 11.6 Å². The van der Waals surface area contributed by atoms with E-state index in [1.165, 1.54) is 0 Å². The van der Waals surface area contributed by atoms with E-state index in [4.69, 9.17) is 11.6 Å². The Morgan fingerprint density at radius 3 is 2.77 bits per heavy atom. The summed E-state index contributed by atoms with van der Waals surface area (Å²) in [7, 11) is 1.78. The number of hydrogen-bond acceptors (Lipinski definition) is 2. The molecule has 0 aliphatic rings. The third-order valence-electron chi connectivity index (χ3n) is 1.85. The number of imidazole rings is 1. The molecule has 0 spiro atoms. The molecular formula is C9H14ClN3. The molecule has 4 heteroatoms. The molecule has 0 saturated heterocycles. The van der Waals surface area contributed by atoms with Crippen LogP contribution in [0.2, 0.25) is 0 Å². The van der Waals surface area contributed by atoms with Gasteiger partial charge in [0.2, 0.25) is 0 Å². The maximum absolute atomic E-state index is 5.99. The molecule has 3 nitrogen and oxygen atoms in total. The number of rotatable bonds is 2. The van der Waals surface area contributed by atoms with Gasteiger partial charge in [-0.1, -0.05) is 18.2 Å². The summed E-state index contributed by atoms with van der Waals surface area (Å²) in [6.45, 7) is 7.96. The largest absolute Gasteiger partial charge is 0.377 e. The Morgan fingerprint density at radius 2 is 2.31 bits per heavy atom. The van der Waals surface area contributed by atoms with Crippen LogP contribution in [0.4, 0.5) is 0 Å². The van der Waals surface area contributed by atoms with Gasteiger partial charge in [-0.25, -0.2) is 4.98 Å². The van der Waals surface area contributed by atoms with E-state index in [0.717, 1.165) is 5.35 Å². The molecule has 0 bridgehead atoms. The Hall–Kier alpha value is -0.960. The average Bonchev–Trinajstić information content (AvgIpc) is 2.46. The van der Waals surface area contributed by atoms with Gasteiger partial charge in [-0.05, 0) is 13.8 Å². The van der Waals surface area contributed by atoms with Gasteiger partial charge >= 0.3 is 0 Å². The van der Waals surface area contributed by atoms with Crippen molar-refractivity contribution in [3.63, 3.8) is 0 Å². The number of aromatic nitrogens is 2. The monoisotopic (exact) mass is 199 g/mol. The molecule has 72 valence electrons. The number of halogens is 1. The lowest BCUT2D eigenvalue weighted by atomic mass is 10.4. The Bertz CT molecular complexity index is 391. The highest BCUT2D eigenvalue weighted by molar-refractivity contribution is 6.44. The smallest absolute Gasteiger partial charge is 0.128 e. The molecule has 1 aromatic rings. The molecular weight excluding hydrogens is 186 g/mol. The van der Waals surface area contributed by atoms with Gasteiger partial charge in [0.1, 0.15) is 10.5 Å². The maximum atomic E-state index is 5.99. The molecule has 1 N–H and O–H groups in total. The van der Waals surface area contributed by atoms with Crippen molar-refractivity contribution in [2.75, 3.05) is 7.05 Å². The second-order valence-electron chi connectivity index (χ2n) is 3.10. The first-order valence-electron chi connectivity index (χ1n) is 4.17. The number of hydrogen-bond donors (Lipinski definition) is 1. The summed E-state index contributed by atoms with van der Waals surface area (Å²) in [5, 5.41) is 5.03. The quantitative estimate of drug-likeness (QED) is 0.699. The predicted octanol–water partition coefficient (Wildman–Crippen LogP) is 0.398. The zero-order valence-corrected chi connectivity index (χ0v) is 8.89. The molecule has 1 aromatic heterocycles. The second-order valence-corrected chi connectivity index (χ2v) is 3.48. The molecule has 0 amide bonds. The van der Waals surface area contributed by atoms with Crippen molar-refractivity contribution >= 4 is 23.3 Å². The van der Waals surface area contributed by atoms with Crippen LogP contribution in [0.15, 0.2) is 6.33 Å². The van der Waals surface area contributed by atoms with E-state index < -0.39 is 0 Å². The van der Waals surface area contributed by atoms with Crippen molar-refractivity contribution < 1.29 is 0 Å². The lowest BCUT2D eigenvalue weighted by Crippen LogP contribution is -2.34. The van der Waals surface area contributed by atoms with E-state index in [9.17, 15) is 0 Å². The van der Waals surface area contributed by atoms with Crippen molar-refractivity contribution in [2.45, 2.75) is 19.9 Å². The van der Waals surface area contributed by atoms with Gasteiger partial charge in [0.25, 0.3) is 0 Å². The lowest BCUT2D eigenvalue weighted by Gasteiger charge is -2.07. The normalized spacial score (nSPS) is 13.3. The maximum Gasteiger partial charge on any atom is 0.128 e. The zero-order chi connectivity index (χ0) is 10.0. The van der Waals surface area contributed by atoms with Crippen LogP contribution in [-0.2, 0) is 0 Å². The van der Waals surface area contributed by atoms with E-state index in [2.05, 4.69) is 30.7 Å². The van der Waals surface area contributed by atoms with Gasteiger partial charge in [0, 0.05) is 13.1 Å². The Labute approximate surface area is 82.7 Å². The molecule has 0 radical (unpaired) electrons. The van der Waals surface area contributed by atoms with Crippen molar-refractivity contribution in [1.82, 2.24) is 14.9 Å². The van der Waals surface area contributed by atoms with Crippen LogP contribution in [0.1, 0.15) is 19.9 Å². The van der Waals surface area contributed by atoms with E-state index in [-0.39, 0.29) is 0 Å². The van der Waals surface area contributed by atoms with Crippen molar-refractivity contribution in [3.05, 3.63) is 17.0 Å². The fraction of sp³-hybridized carbons (Fsp3) is 0.444. The minimum atomic E-state index is 0.333. The van der Waals surface area contributed by atoms with Crippen LogP contribution < -0.4 is 16.0 Å². The summed E-state index contributed by atoms with van der Waals surface area (Å²) in [6, 6.07) is 0.333. The summed E-state index contributed by atoms with van der Waals surface area (Å²) in [4.78, 5) is 4.11. The summed E-state index contributed by atoms with van der Waals surface area (Å²) in [6.07, 6.45) is 1.75. The molecule has 13 heavy (non-hydrogen) atoms. The Kier molecular flexibility index (Phi) is 2.98. The Balaban J connectivity index is 3.50. The molecule has 0 atom stereocenters. The molecule has 0 aliphatic carbocycles. The summed E-state index contributed by atoms with van der Waals surface area (Å²) < 4.78 is 1.99.